The molecular formula is C11H14F3N5. The van der Waals surface area contributed by atoms with E-state index >= 15 is 0 Å². The van der Waals surface area contributed by atoms with E-state index in [1.807, 2.05) is 20.0 Å². The number of nitrogens with zero attached hydrogens (tertiary/aromatic N) is 4. The largest absolute Gasteiger partial charge is 0.408 e. The first kappa shape index (κ1) is 13.4. The Morgan fingerprint density at radius 1 is 1.37 bits per heavy atom. The van der Waals surface area contributed by atoms with Crippen molar-refractivity contribution in [3.8, 4) is 0 Å². The van der Waals surface area contributed by atoms with Crippen LogP contribution in [0.5, 0.6) is 0 Å². The van der Waals surface area contributed by atoms with Crippen molar-refractivity contribution in [1.29, 1.82) is 0 Å². The minimum Gasteiger partial charge on any atom is -0.364 e. The zero-order valence-electron chi connectivity index (χ0n) is 10.6. The van der Waals surface area contributed by atoms with Crippen LogP contribution in [0.4, 0.5) is 19.0 Å². The summed E-state index contributed by atoms with van der Waals surface area (Å²) in [5.41, 5.74) is 1.67. The molecule has 2 aromatic heterocycles. The fourth-order valence-corrected chi connectivity index (χ4v) is 1.61. The first-order valence-corrected chi connectivity index (χ1v) is 5.66. The molecule has 0 aliphatic heterocycles. The van der Waals surface area contributed by atoms with Crippen molar-refractivity contribution in [2.24, 2.45) is 7.05 Å². The van der Waals surface area contributed by atoms with E-state index in [0.717, 1.165) is 10.4 Å². The highest BCUT2D eigenvalue weighted by molar-refractivity contribution is 5.36. The summed E-state index contributed by atoms with van der Waals surface area (Å²) in [6, 6.07) is 1.86. The fraction of sp³-hybridized carbons (Fsp3) is 0.455. The molecule has 0 bridgehead atoms. The van der Waals surface area contributed by atoms with Crippen LogP contribution in [0.2, 0.25) is 0 Å². The van der Waals surface area contributed by atoms with Crippen molar-refractivity contribution < 1.29 is 13.2 Å². The molecule has 2 aromatic rings. The summed E-state index contributed by atoms with van der Waals surface area (Å²) in [6.45, 7) is 1.23. The van der Waals surface area contributed by atoms with Gasteiger partial charge in [-0.2, -0.15) is 23.4 Å². The number of halogens is 3. The van der Waals surface area contributed by atoms with Crippen LogP contribution in [-0.2, 0) is 20.1 Å². The minimum absolute atomic E-state index is 0.383. The van der Waals surface area contributed by atoms with E-state index in [1.165, 1.54) is 12.4 Å². The normalized spacial score (nSPS) is 11.8. The summed E-state index contributed by atoms with van der Waals surface area (Å²) in [6.07, 6.45) is -1.47. The summed E-state index contributed by atoms with van der Waals surface area (Å²) in [7, 11) is 1.82. The predicted molar refractivity (Wildman–Crippen MR) is 63.6 cm³/mol. The van der Waals surface area contributed by atoms with Crippen molar-refractivity contribution in [3.05, 3.63) is 29.7 Å². The van der Waals surface area contributed by atoms with Crippen molar-refractivity contribution in [2.75, 3.05) is 5.32 Å². The van der Waals surface area contributed by atoms with E-state index in [1.54, 1.807) is 4.68 Å². The SMILES string of the molecule is Cc1cc(NCc2cnn(CC(F)(F)F)c2)nn1C. The van der Waals surface area contributed by atoms with Crippen LogP contribution in [0.15, 0.2) is 18.5 Å². The van der Waals surface area contributed by atoms with Gasteiger partial charge in [0.1, 0.15) is 12.4 Å². The van der Waals surface area contributed by atoms with Crippen LogP contribution >= 0.6 is 0 Å². The van der Waals surface area contributed by atoms with Gasteiger partial charge in [0, 0.05) is 37.1 Å². The average Bonchev–Trinajstić information content (AvgIpc) is 2.82. The van der Waals surface area contributed by atoms with Crippen LogP contribution < -0.4 is 5.32 Å². The fourth-order valence-electron chi connectivity index (χ4n) is 1.61. The van der Waals surface area contributed by atoms with E-state index in [-0.39, 0.29) is 0 Å². The molecule has 0 radical (unpaired) electrons. The molecular weight excluding hydrogens is 259 g/mol. The molecule has 8 heteroatoms. The molecule has 0 aliphatic rings. The lowest BCUT2D eigenvalue weighted by atomic mass is 10.3. The number of rotatable bonds is 4. The Kier molecular flexibility index (Phi) is 3.50. The Balaban J connectivity index is 1.93. The van der Waals surface area contributed by atoms with Gasteiger partial charge in [0.15, 0.2) is 0 Å². The van der Waals surface area contributed by atoms with Crippen molar-refractivity contribution in [1.82, 2.24) is 19.6 Å². The highest BCUT2D eigenvalue weighted by Crippen LogP contribution is 2.17. The van der Waals surface area contributed by atoms with Crippen molar-refractivity contribution in [3.63, 3.8) is 0 Å². The second kappa shape index (κ2) is 4.94. The van der Waals surface area contributed by atoms with Crippen molar-refractivity contribution >= 4 is 5.82 Å². The highest BCUT2D eigenvalue weighted by Gasteiger charge is 2.28. The number of aryl methyl sites for hydroxylation is 2. The lowest BCUT2D eigenvalue weighted by Gasteiger charge is -2.05. The predicted octanol–water partition coefficient (Wildman–Crippen LogP) is 2.10. The highest BCUT2D eigenvalue weighted by atomic mass is 19.4. The maximum atomic E-state index is 12.2. The second-order valence-electron chi connectivity index (χ2n) is 4.31. The molecule has 104 valence electrons. The number of alkyl halides is 3. The van der Waals surface area contributed by atoms with Gasteiger partial charge in [-0.25, -0.2) is 0 Å². The quantitative estimate of drug-likeness (QED) is 0.928. The molecule has 0 aromatic carbocycles. The van der Waals surface area contributed by atoms with Gasteiger partial charge >= 0.3 is 6.18 Å². The number of aromatic nitrogens is 4. The molecule has 19 heavy (non-hydrogen) atoms. The number of anilines is 1. The number of nitrogens with one attached hydrogen (secondary N) is 1. The molecule has 0 saturated carbocycles. The monoisotopic (exact) mass is 273 g/mol. The zero-order valence-corrected chi connectivity index (χ0v) is 10.6. The Morgan fingerprint density at radius 2 is 2.11 bits per heavy atom. The Hall–Kier alpha value is -1.99. The first-order valence-electron chi connectivity index (χ1n) is 5.66. The van der Waals surface area contributed by atoms with Crippen LogP contribution in [0.1, 0.15) is 11.3 Å². The van der Waals surface area contributed by atoms with Gasteiger partial charge in [0.05, 0.1) is 6.20 Å². The third kappa shape index (κ3) is 3.73. The molecule has 0 atom stereocenters. The third-order valence-electron chi connectivity index (χ3n) is 2.62. The third-order valence-corrected chi connectivity index (χ3v) is 2.62. The van der Waals surface area contributed by atoms with Gasteiger partial charge in [-0.1, -0.05) is 0 Å². The molecule has 0 fully saturated rings. The van der Waals surface area contributed by atoms with Gasteiger partial charge < -0.3 is 5.32 Å². The topological polar surface area (TPSA) is 47.7 Å². The smallest absolute Gasteiger partial charge is 0.364 e. The molecule has 2 heterocycles. The van der Waals surface area contributed by atoms with E-state index < -0.39 is 12.7 Å². The molecule has 1 N–H and O–H groups in total. The van der Waals surface area contributed by atoms with Crippen LogP contribution in [0, 0.1) is 6.92 Å². The van der Waals surface area contributed by atoms with Crippen LogP contribution in [0.25, 0.3) is 0 Å². The van der Waals surface area contributed by atoms with Gasteiger partial charge in [-0.3, -0.25) is 9.36 Å². The second-order valence-corrected chi connectivity index (χ2v) is 4.31. The molecule has 2 rings (SSSR count). The lowest BCUT2D eigenvalue weighted by molar-refractivity contribution is -0.142. The van der Waals surface area contributed by atoms with Gasteiger partial charge in [-0.15, -0.1) is 0 Å². The average molecular weight is 273 g/mol. The van der Waals surface area contributed by atoms with E-state index in [0.29, 0.717) is 17.9 Å². The van der Waals surface area contributed by atoms with Gasteiger partial charge in [0.2, 0.25) is 0 Å². The molecule has 0 aliphatic carbocycles. The van der Waals surface area contributed by atoms with E-state index in [2.05, 4.69) is 15.5 Å². The van der Waals surface area contributed by atoms with Gasteiger partial charge in [0.25, 0.3) is 0 Å². The maximum absolute atomic E-state index is 12.2. The molecule has 0 amide bonds. The number of hydrogen-bond acceptors (Lipinski definition) is 3. The molecule has 0 unspecified atom stereocenters. The number of hydrogen-bond donors (Lipinski definition) is 1. The Morgan fingerprint density at radius 3 is 2.68 bits per heavy atom. The summed E-state index contributed by atoms with van der Waals surface area (Å²) >= 11 is 0. The van der Waals surface area contributed by atoms with Crippen molar-refractivity contribution in [2.45, 2.75) is 26.2 Å². The van der Waals surface area contributed by atoms with Crippen LogP contribution in [0.3, 0.4) is 0 Å². The Labute approximate surface area is 108 Å². The minimum atomic E-state index is -4.26. The van der Waals surface area contributed by atoms with Gasteiger partial charge in [-0.05, 0) is 6.92 Å². The summed E-state index contributed by atoms with van der Waals surface area (Å²) < 4.78 is 39.1. The molecule has 0 saturated heterocycles. The standard InChI is InChI=1S/C11H14F3N5/c1-8-3-10(17-18(8)2)15-4-9-5-16-19(6-9)7-11(12,13)14/h3,5-6H,4,7H2,1-2H3,(H,15,17). The summed E-state index contributed by atoms with van der Waals surface area (Å²) in [5.74, 6) is 0.684. The summed E-state index contributed by atoms with van der Waals surface area (Å²) in [5, 5.41) is 10.9. The lowest BCUT2D eigenvalue weighted by Crippen LogP contribution is -2.17. The van der Waals surface area contributed by atoms with E-state index in [9.17, 15) is 13.2 Å². The molecule has 5 nitrogen and oxygen atoms in total. The van der Waals surface area contributed by atoms with E-state index in [4.69, 9.17) is 0 Å². The summed E-state index contributed by atoms with van der Waals surface area (Å²) in [4.78, 5) is 0. The Bertz CT molecular complexity index is 535. The van der Waals surface area contributed by atoms with Crippen LogP contribution in [-0.4, -0.2) is 25.7 Å². The molecule has 0 spiro atoms. The first-order chi connectivity index (χ1) is 8.83. The zero-order chi connectivity index (χ0) is 14.0. The maximum Gasteiger partial charge on any atom is 0.408 e.